The fraction of sp³-hybridized carbons (Fsp3) is 0.200. The Labute approximate surface area is 107 Å². The van der Waals surface area contributed by atoms with Gasteiger partial charge in [-0.3, -0.25) is 14.9 Å². The standard InChI is InChI=1S/C10H9ClN2O5/c1-2-18-10(15)6-3-7(11)9(12-5-14)8(4-6)13(16)17/h3-5H,2H2,1H3,(H,12,14). The first kappa shape index (κ1) is 13.9. The van der Waals surface area contributed by atoms with Crippen LogP contribution in [0.1, 0.15) is 17.3 Å². The van der Waals surface area contributed by atoms with Crippen molar-refractivity contribution in [2.75, 3.05) is 11.9 Å². The quantitative estimate of drug-likeness (QED) is 0.382. The van der Waals surface area contributed by atoms with E-state index in [0.717, 1.165) is 6.07 Å². The Bertz CT molecular complexity index is 503. The summed E-state index contributed by atoms with van der Waals surface area (Å²) in [6, 6.07) is 2.19. The summed E-state index contributed by atoms with van der Waals surface area (Å²) in [5.74, 6) is -0.722. The van der Waals surface area contributed by atoms with Crippen molar-refractivity contribution in [2.24, 2.45) is 0 Å². The Balaban J connectivity index is 3.31. The van der Waals surface area contributed by atoms with Crippen LogP contribution in [-0.4, -0.2) is 23.9 Å². The van der Waals surface area contributed by atoms with E-state index in [9.17, 15) is 19.7 Å². The zero-order valence-electron chi connectivity index (χ0n) is 9.31. The van der Waals surface area contributed by atoms with Crippen molar-refractivity contribution < 1.29 is 19.2 Å². The van der Waals surface area contributed by atoms with Gasteiger partial charge in [-0.2, -0.15) is 0 Å². The van der Waals surface area contributed by atoms with Gasteiger partial charge in [-0.05, 0) is 13.0 Å². The first-order valence-electron chi connectivity index (χ1n) is 4.86. The predicted molar refractivity (Wildman–Crippen MR) is 63.7 cm³/mol. The molecule has 1 N–H and O–H groups in total. The van der Waals surface area contributed by atoms with Crippen LogP contribution in [0.25, 0.3) is 0 Å². The van der Waals surface area contributed by atoms with E-state index in [1.165, 1.54) is 6.07 Å². The molecule has 0 aliphatic heterocycles. The van der Waals surface area contributed by atoms with Gasteiger partial charge in [0.25, 0.3) is 5.69 Å². The summed E-state index contributed by atoms with van der Waals surface area (Å²) >= 11 is 5.77. The summed E-state index contributed by atoms with van der Waals surface area (Å²) in [7, 11) is 0. The number of carbonyl (C=O) groups excluding carboxylic acids is 2. The zero-order chi connectivity index (χ0) is 13.7. The minimum Gasteiger partial charge on any atom is -0.462 e. The number of anilines is 1. The SMILES string of the molecule is CCOC(=O)c1cc(Cl)c(NC=O)c([N+](=O)[O-])c1. The van der Waals surface area contributed by atoms with E-state index in [4.69, 9.17) is 16.3 Å². The largest absolute Gasteiger partial charge is 0.462 e. The van der Waals surface area contributed by atoms with Crippen molar-refractivity contribution in [3.63, 3.8) is 0 Å². The van der Waals surface area contributed by atoms with Crippen LogP contribution >= 0.6 is 11.6 Å². The van der Waals surface area contributed by atoms with Crippen LogP contribution in [0.4, 0.5) is 11.4 Å². The van der Waals surface area contributed by atoms with Gasteiger partial charge in [0.05, 0.1) is 22.1 Å². The lowest BCUT2D eigenvalue weighted by Gasteiger charge is -2.07. The summed E-state index contributed by atoms with van der Waals surface area (Å²) in [6.45, 7) is 1.74. The number of hydrogen-bond acceptors (Lipinski definition) is 5. The third-order valence-corrected chi connectivity index (χ3v) is 2.28. The highest BCUT2D eigenvalue weighted by Crippen LogP contribution is 2.33. The van der Waals surface area contributed by atoms with Gasteiger partial charge in [-0.1, -0.05) is 11.6 Å². The molecule has 0 bridgehead atoms. The van der Waals surface area contributed by atoms with Crippen molar-refractivity contribution in [3.8, 4) is 0 Å². The lowest BCUT2D eigenvalue weighted by molar-refractivity contribution is -0.383. The van der Waals surface area contributed by atoms with Crippen LogP contribution in [0.3, 0.4) is 0 Å². The molecule has 0 aliphatic rings. The third-order valence-electron chi connectivity index (χ3n) is 1.98. The van der Waals surface area contributed by atoms with Gasteiger partial charge in [0.1, 0.15) is 5.69 Å². The Hall–Kier alpha value is -2.15. The topological polar surface area (TPSA) is 98.5 Å². The number of nitro benzene ring substituents is 1. The summed E-state index contributed by atoms with van der Waals surface area (Å²) < 4.78 is 4.71. The smallest absolute Gasteiger partial charge is 0.338 e. The van der Waals surface area contributed by atoms with Gasteiger partial charge >= 0.3 is 5.97 Å². The number of carbonyl (C=O) groups is 2. The fourth-order valence-electron chi connectivity index (χ4n) is 1.27. The van der Waals surface area contributed by atoms with Gasteiger partial charge in [0.15, 0.2) is 0 Å². The van der Waals surface area contributed by atoms with Crippen LogP contribution < -0.4 is 5.32 Å². The molecule has 0 saturated heterocycles. The molecule has 1 aromatic carbocycles. The van der Waals surface area contributed by atoms with Crippen LogP contribution in [0.2, 0.25) is 5.02 Å². The molecule has 0 spiro atoms. The maximum absolute atomic E-state index is 11.4. The Kier molecular flexibility index (Phi) is 4.61. The number of esters is 1. The number of benzene rings is 1. The highest BCUT2D eigenvalue weighted by molar-refractivity contribution is 6.34. The second kappa shape index (κ2) is 5.97. The molecule has 96 valence electrons. The number of amides is 1. The second-order valence-electron chi connectivity index (χ2n) is 3.09. The van der Waals surface area contributed by atoms with E-state index >= 15 is 0 Å². The zero-order valence-corrected chi connectivity index (χ0v) is 10.1. The number of nitrogens with one attached hydrogen (secondary N) is 1. The molecule has 0 fully saturated rings. The molecule has 8 heteroatoms. The molecule has 0 heterocycles. The molecular formula is C10H9ClN2O5. The van der Waals surface area contributed by atoms with E-state index in [1.54, 1.807) is 6.92 Å². The molecule has 1 amide bonds. The maximum Gasteiger partial charge on any atom is 0.338 e. The Morgan fingerprint density at radius 2 is 2.28 bits per heavy atom. The summed E-state index contributed by atoms with van der Waals surface area (Å²) in [6.07, 6.45) is 0.262. The lowest BCUT2D eigenvalue weighted by Crippen LogP contribution is -2.07. The molecule has 0 saturated carbocycles. The van der Waals surface area contributed by atoms with E-state index in [1.807, 2.05) is 0 Å². The average molecular weight is 273 g/mol. The molecule has 0 radical (unpaired) electrons. The fourth-order valence-corrected chi connectivity index (χ4v) is 1.54. The molecule has 0 atom stereocenters. The maximum atomic E-state index is 11.4. The highest BCUT2D eigenvalue weighted by atomic mass is 35.5. The molecule has 0 aliphatic carbocycles. The molecule has 0 aromatic heterocycles. The highest BCUT2D eigenvalue weighted by Gasteiger charge is 2.21. The minimum absolute atomic E-state index is 0.0509. The monoisotopic (exact) mass is 272 g/mol. The van der Waals surface area contributed by atoms with Crippen LogP contribution in [0, 0.1) is 10.1 Å². The molecule has 1 rings (SSSR count). The van der Waals surface area contributed by atoms with Gasteiger partial charge in [0.2, 0.25) is 6.41 Å². The van der Waals surface area contributed by atoms with Crippen molar-refractivity contribution in [2.45, 2.75) is 6.92 Å². The van der Waals surface area contributed by atoms with E-state index in [0.29, 0.717) is 0 Å². The number of nitro groups is 1. The summed E-state index contributed by atoms with van der Waals surface area (Å²) in [4.78, 5) is 31.9. The van der Waals surface area contributed by atoms with Gasteiger partial charge in [0, 0.05) is 6.07 Å². The molecule has 0 unspecified atom stereocenters. The van der Waals surface area contributed by atoms with Crippen LogP contribution in [0.5, 0.6) is 0 Å². The van der Waals surface area contributed by atoms with E-state index in [2.05, 4.69) is 5.32 Å². The number of ether oxygens (including phenoxy) is 1. The van der Waals surface area contributed by atoms with Crippen molar-refractivity contribution in [3.05, 3.63) is 32.8 Å². The lowest BCUT2D eigenvalue weighted by atomic mass is 10.1. The second-order valence-corrected chi connectivity index (χ2v) is 3.50. The first-order chi connectivity index (χ1) is 8.51. The number of hydrogen-bond donors (Lipinski definition) is 1. The first-order valence-corrected chi connectivity index (χ1v) is 5.24. The minimum atomic E-state index is -0.750. The molecule has 1 aromatic rings. The van der Waals surface area contributed by atoms with Crippen molar-refractivity contribution in [1.29, 1.82) is 0 Å². The normalized spacial score (nSPS) is 9.67. The predicted octanol–water partition coefficient (Wildman–Crippen LogP) is 1.99. The number of halogens is 1. The van der Waals surface area contributed by atoms with Gasteiger partial charge in [-0.25, -0.2) is 4.79 Å². The van der Waals surface area contributed by atoms with Gasteiger partial charge < -0.3 is 10.1 Å². The molecular weight excluding hydrogens is 264 g/mol. The molecule has 7 nitrogen and oxygen atoms in total. The van der Waals surface area contributed by atoms with Crippen LogP contribution in [0.15, 0.2) is 12.1 Å². The number of nitrogens with zero attached hydrogens (tertiary/aromatic N) is 1. The molecule has 18 heavy (non-hydrogen) atoms. The Morgan fingerprint density at radius 1 is 1.61 bits per heavy atom. The van der Waals surface area contributed by atoms with Crippen molar-refractivity contribution in [1.82, 2.24) is 0 Å². The Morgan fingerprint density at radius 3 is 2.78 bits per heavy atom. The summed E-state index contributed by atoms with van der Waals surface area (Å²) in [5.41, 5.74) is -0.688. The van der Waals surface area contributed by atoms with E-state index < -0.39 is 16.6 Å². The number of rotatable bonds is 5. The van der Waals surface area contributed by atoms with Crippen LogP contribution in [-0.2, 0) is 9.53 Å². The average Bonchev–Trinajstić information content (AvgIpc) is 2.31. The summed E-state index contributed by atoms with van der Waals surface area (Å²) in [5, 5.41) is 12.8. The van der Waals surface area contributed by atoms with E-state index in [-0.39, 0.29) is 29.3 Å². The van der Waals surface area contributed by atoms with Gasteiger partial charge in [-0.15, -0.1) is 0 Å². The van der Waals surface area contributed by atoms with Crippen molar-refractivity contribution >= 4 is 35.4 Å². The third kappa shape index (κ3) is 2.95.